The highest BCUT2D eigenvalue weighted by molar-refractivity contribution is 9.10. The number of primary amides is 2. The van der Waals surface area contributed by atoms with E-state index >= 15 is 0 Å². The molecule has 0 bridgehead atoms. The Balaban J connectivity index is 2.34. The summed E-state index contributed by atoms with van der Waals surface area (Å²) in [4.78, 5) is 22.6. The van der Waals surface area contributed by atoms with E-state index in [1.54, 1.807) is 6.07 Å². The van der Waals surface area contributed by atoms with Crippen LogP contribution in [0.25, 0.3) is 0 Å². The molecule has 1 aromatic carbocycles. The second-order valence-electron chi connectivity index (χ2n) is 4.43. The fourth-order valence-electron chi connectivity index (χ4n) is 1.69. The Bertz CT molecular complexity index is 512. The smallest absolute Gasteiger partial charge is 0.250 e. The normalized spacial score (nSPS) is 14.3. The molecule has 0 radical (unpaired) electrons. The van der Waals surface area contributed by atoms with E-state index in [1.165, 1.54) is 18.9 Å². The highest BCUT2D eigenvalue weighted by Crippen LogP contribution is 2.31. The third-order valence-electron chi connectivity index (χ3n) is 2.92. The molecule has 1 aromatic rings. The van der Waals surface area contributed by atoms with Gasteiger partial charge in [0.25, 0.3) is 5.91 Å². The van der Waals surface area contributed by atoms with E-state index in [9.17, 15) is 9.59 Å². The van der Waals surface area contributed by atoms with Crippen molar-refractivity contribution in [3.05, 3.63) is 27.7 Å². The monoisotopic (exact) mass is 311 g/mol. The Morgan fingerprint density at radius 3 is 2.33 bits per heavy atom. The molecule has 0 atom stereocenters. The second-order valence-corrected chi connectivity index (χ2v) is 5.28. The lowest BCUT2D eigenvalue weighted by Crippen LogP contribution is -2.18. The Morgan fingerprint density at radius 1 is 1.22 bits per heavy atom. The number of halogens is 1. The van der Waals surface area contributed by atoms with Crippen molar-refractivity contribution in [3.8, 4) is 0 Å². The predicted molar refractivity (Wildman–Crippen MR) is 72.4 cm³/mol. The first-order chi connectivity index (χ1) is 8.49. The van der Waals surface area contributed by atoms with Crippen LogP contribution in [-0.4, -0.2) is 18.4 Å². The number of benzene rings is 1. The van der Waals surface area contributed by atoms with E-state index in [1.807, 2.05) is 0 Å². The number of hydrogen-bond donors (Lipinski definition) is 3. The van der Waals surface area contributed by atoms with Crippen LogP contribution < -0.4 is 16.8 Å². The molecule has 0 heterocycles. The molecule has 2 rings (SSSR count). The van der Waals surface area contributed by atoms with Gasteiger partial charge in [0, 0.05) is 16.7 Å². The van der Waals surface area contributed by atoms with E-state index in [-0.39, 0.29) is 0 Å². The van der Waals surface area contributed by atoms with Crippen molar-refractivity contribution in [3.63, 3.8) is 0 Å². The van der Waals surface area contributed by atoms with Crippen molar-refractivity contribution in [1.82, 2.24) is 0 Å². The molecule has 96 valence electrons. The minimum absolute atomic E-state index is 0.332. The van der Waals surface area contributed by atoms with Gasteiger partial charge in [0.05, 0.1) is 11.1 Å². The predicted octanol–water partition coefficient (Wildman–Crippen LogP) is 1.47. The Kier molecular flexibility index (Phi) is 3.56. The molecule has 1 aliphatic carbocycles. The maximum Gasteiger partial charge on any atom is 0.250 e. The fraction of sp³-hybridized carbons (Fsp3) is 0.333. The zero-order chi connectivity index (χ0) is 13.3. The van der Waals surface area contributed by atoms with Crippen LogP contribution in [0.3, 0.4) is 0 Å². The van der Waals surface area contributed by atoms with Crippen LogP contribution >= 0.6 is 15.9 Å². The fourth-order valence-corrected chi connectivity index (χ4v) is 2.23. The van der Waals surface area contributed by atoms with Crippen molar-refractivity contribution in [1.29, 1.82) is 0 Å². The molecular formula is C12H14BrN3O2. The molecule has 2 amide bonds. The molecule has 6 heteroatoms. The lowest BCUT2D eigenvalue weighted by molar-refractivity contribution is 0.0988. The molecule has 0 aromatic heterocycles. The van der Waals surface area contributed by atoms with Crippen LogP contribution in [-0.2, 0) is 0 Å². The van der Waals surface area contributed by atoms with Gasteiger partial charge in [-0.3, -0.25) is 9.59 Å². The third-order valence-corrected chi connectivity index (χ3v) is 3.57. The largest absolute Gasteiger partial charge is 0.384 e. The first-order valence-electron chi connectivity index (χ1n) is 5.66. The maximum atomic E-state index is 11.4. The number of rotatable bonds is 5. The van der Waals surface area contributed by atoms with Crippen LogP contribution in [0.15, 0.2) is 16.6 Å². The van der Waals surface area contributed by atoms with Gasteiger partial charge < -0.3 is 16.8 Å². The summed E-state index contributed by atoms with van der Waals surface area (Å²) in [6.07, 6.45) is 2.39. The number of anilines is 1. The van der Waals surface area contributed by atoms with Crippen LogP contribution in [0, 0.1) is 5.92 Å². The highest BCUT2D eigenvalue weighted by atomic mass is 79.9. The number of amides is 2. The van der Waals surface area contributed by atoms with Crippen molar-refractivity contribution in [2.45, 2.75) is 12.8 Å². The van der Waals surface area contributed by atoms with E-state index < -0.39 is 11.8 Å². The van der Waals surface area contributed by atoms with Gasteiger partial charge >= 0.3 is 0 Å². The quantitative estimate of drug-likeness (QED) is 0.768. The molecule has 18 heavy (non-hydrogen) atoms. The standard InChI is InChI=1S/C12H14BrN3O2/c13-9-3-8(12(15)18)10(4-7(9)11(14)17)16-5-6-1-2-6/h3-4,6,16H,1-2,5H2,(H2,14,17)(H2,15,18). The van der Waals surface area contributed by atoms with Gasteiger partial charge in [0.15, 0.2) is 0 Å². The summed E-state index contributed by atoms with van der Waals surface area (Å²) >= 11 is 3.21. The summed E-state index contributed by atoms with van der Waals surface area (Å²) in [7, 11) is 0. The number of nitrogens with one attached hydrogen (secondary N) is 1. The van der Waals surface area contributed by atoms with Gasteiger partial charge in [-0.1, -0.05) is 0 Å². The van der Waals surface area contributed by atoms with E-state index in [2.05, 4.69) is 21.2 Å². The van der Waals surface area contributed by atoms with Crippen molar-refractivity contribution in [2.24, 2.45) is 17.4 Å². The van der Waals surface area contributed by atoms with E-state index in [0.29, 0.717) is 27.2 Å². The molecule has 0 unspecified atom stereocenters. The van der Waals surface area contributed by atoms with Crippen LogP contribution in [0.1, 0.15) is 33.6 Å². The van der Waals surface area contributed by atoms with Crippen LogP contribution in [0.4, 0.5) is 5.69 Å². The first-order valence-corrected chi connectivity index (χ1v) is 6.45. The number of carbonyl (C=O) groups is 2. The Morgan fingerprint density at radius 2 is 1.83 bits per heavy atom. The Labute approximate surface area is 113 Å². The van der Waals surface area contributed by atoms with Crippen molar-refractivity contribution >= 4 is 33.4 Å². The molecule has 0 saturated heterocycles. The summed E-state index contributed by atoms with van der Waals surface area (Å²) < 4.78 is 0.473. The van der Waals surface area contributed by atoms with Gasteiger partial charge in [-0.05, 0) is 46.8 Å². The summed E-state index contributed by atoms with van der Waals surface area (Å²) in [5, 5.41) is 3.15. The van der Waals surface area contributed by atoms with Gasteiger partial charge in [0.2, 0.25) is 5.91 Å². The Hall–Kier alpha value is -1.56. The molecule has 1 fully saturated rings. The van der Waals surface area contributed by atoms with Gasteiger partial charge in [-0.2, -0.15) is 0 Å². The van der Waals surface area contributed by atoms with E-state index in [4.69, 9.17) is 11.5 Å². The number of hydrogen-bond acceptors (Lipinski definition) is 3. The summed E-state index contributed by atoms with van der Waals surface area (Å²) in [5.74, 6) is -0.441. The molecule has 0 spiro atoms. The molecule has 1 saturated carbocycles. The van der Waals surface area contributed by atoms with Gasteiger partial charge in [-0.25, -0.2) is 0 Å². The lowest BCUT2D eigenvalue weighted by atomic mass is 10.1. The van der Waals surface area contributed by atoms with Gasteiger partial charge in [-0.15, -0.1) is 0 Å². The van der Waals surface area contributed by atoms with Crippen LogP contribution in [0.5, 0.6) is 0 Å². The van der Waals surface area contributed by atoms with Crippen molar-refractivity contribution < 1.29 is 9.59 Å². The maximum absolute atomic E-state index is 11.4. The van der Waals surface area contributed by atoms with Crippen LogP contribution in [0.2, 0.25) is 0 Å². The number of carbonyl (C=O) groups excluding carboxylic acids is 2. The van der Waals surface area contributed by atoms with Gasteiger partial charge in [0.1, 0.15) is 0 Å². The molecule has 5 nitrogen and oxygen atoms in total. The second kappa shape index (κ2) is 4.97. The lowest BCUT2D eigenvalue weighted by Gasteiger charge is -2.12. The minimum atomic E-state index is -0.549. The first kappa shape index (κ1) is 12.9. The zero-order valence-electron chi connectivity index (χ0n) is 9.70. The molecule has 0 aliphatic heterocycles. The highest BCUT2D eigenvalue weighted by Gasteiger charge is 2.22. The third kappa shape index (κ3) is 2.81. The average Bonchev–Trinajstić information content (AvgIpc) is 3.10. The SMILES string of the molecule is NC(=O)c1cc(NCC2CC2)c(C(N)=O)cc1Br. The average molecular weight is 312 g/mol. The molecular weight excluding hydrogens is 298 g/mol. The molecule has 5 N–H and O–H groups in total. The van der Waals surface area contributed by atoms with Crippen molar-refractivity contribution in [2.75, 3.05) is 11.9 Å². The summed E-state index contributed by atoms with van der Waals surface area (Å²) in [6, 6.07) is 3.09. The summed E-state index contributed by atoms with van der Waals surface area (Å²) in [6.45, 7) is 0.778. The molecule has 1 aliphatic rings. The minimum Gasteiger partial charge on any atom is -0.384 e. The number of nitrogens with two attached hydrogens (primary N) is 2. The summed E-state index contributed by atoms with van der Waals surface area (Å²) in [5.41, 5.74) is 11.8. The van der Waals surface area contributed by atoms with E-state index in [0.717, 1.165) is 6.54 Å². The zero-order valence-corrected chi connectivity index (χ0v) is 11.3. The topological polar surface area (TPSA) is 98.2 Å².